The van der Waals surface area contributed by atoms with Crippen LogP contribution in [0.2, 0.25) is 0 Å². The highest BCUT2D eigenvalue weighted by Crippen LogP contribution is 2.03. The average molecular weight is 227 g/mol. The van der Waals surface area contributed by atoms with Crippen LogP contribution in [0, 0.1) is 6.92 Å². The number of hydrogen-bond acceptors (Lipinski definition) is 3. The van der Waals surface area contributed by atoms with Gasteiger partial charge in [-0.2, -0.15) is 0 Å². The number of carbonyl (C=O) groups excluding carboxylic acids is 1. The lowest BCUT2D eigenvalue weighted by Crippen LogP contribution is -2.23. The van der Waals surface area contributed by atoms with Gasteiger partial charge in [-0.25, -0.2) is 9.97 Å². The molecule has 86 valence electrons. The van der Waals surface area contributed by atoms with E-state index >= 15 is 0 Å². The summed E-state index contributed by atoms with van der Waals surface area (Å²) >= 11 is 0. The lowest BCUT2D eigenvalue weighted by molar-refractivity contribution is 0.0950. The first-order chi connectivity index (χ1) is 8.25. The number of aryl methyl sites for hydroxylation is 1. The van der Waals surface area contributed by atoms with E-state index in [9.17, 15) is 4.79 Å². The van der Waals surface area contributed by atoms with Crippen molar-refractivity contribution >= 4 is 5.91 Å². The number of aromatic nitrogens is 2. The van der Waals surface area contributed by atoms with E-state index in [2.05, 4.69) is 15.3 Å². The number of benzene rings is 1. The van der Waals surface area contributed by atoms with Gasteiger partial charge < -0.3 is 5.32 Å². The van der Waals surface area contributed by atoms with Gasteiger partial charge in [-0.1, -0.05) is 29.8 Å². The fourth-order valence-corrected chi connectivity index (χ4v) is 1.52. The number of amides is 1. The van der Waals surface area contributed by atoms with E-state index in [4.69, 9.17) is 0 Å². The van der Waals surface area contributed by atoms with Gasteiger partial charge in [0.05, 0.1) is 5.56 Å². The number of rotatable bonds is 3. The fourth-order valence-electron chi connectivity index (χ4n) is 1.52. The molecule has 2 rings (SSSR count). The molecule has 0 saturated carbocycles. The van der Waals surface area contributed by atoms with Crippen molar-refractivity contribution in [3.8, 4) is 0 Å². The summed E-state index contributed by atoms with van der Waals surface area (Å²) in [5.74, 6) is -0.160. The minimum Gasteiger partial charge on any atom is -0.348 e. The molecule has 0 aliphatic rings. The molecule has 2 aromatic rings. The van der Waals surface area contributed by atoms with Crippen molar-refractivity contribution in [3.05, 3.63) is 59.7 Å². The molecule has 0 aliphatic heterocycles. The summed E-state index contributed by atoms with van der Waals surface area (Å²) < 4.78 is 0. The zero-order valence-corrected chi connectivity index (χ0v) is 9.55. The molecule has 1 amide bonds. The van der Waals surface area contributed by atoms with E-state index in [0.29, 0.717) is 12.1 Å². The van der Waals surface area contributed by atoms with Gasteiger partial charge in [-0.3, -0.25) is 4.79 Å². The predicted octanol–water partition coefficient (Wildman–Crippen LogP) is 1.72. The Labute approximate surface area is 99.7 Å². The zero-order chi connectivity index (χ0) is 12.1. The van der Waals surface area contributed by atoms with Crippen molar-refractivity contribution in [1.82, 2.24) is 15.3 Å². The van der Waals surface area contributed by atoms with Gasteiger partial charge in [0.2, 0.25) is 0 Å². The van der Waals surface area contributed by atoms with Crippen molar-refractivity contribution in [1.29, 1.82) is 0 Å². The summed E-state index contributed by atoms with van der Waals surface area (Å²) in [6, 6.07) is 8.02. The number of carbonyl (C=O) groups is 1. The van der Waals surface area contributed by atoms with Crippen LogP contribution in [0.1, 0.15) is 21.5 Å². The Bertz CT molecular complexity index is 511. The van der Waals surface area contributed by atoms with Crippen LogP contribution in [-0.2, 0) is 6.54 Å². The average Bonchev–Trinajstić information content (AvgIpc) is 2.37. The van der Waals surface area contributed by atoms with Gasteiger partial charge in [-0.05, 0) is 12.5 Å². The molecular formula is C13H13N3O. The molecule has 1 heterocycles. The Morgan fingerprint density at radius 2 is 2.06 bits per heavy atom. The summed E-state index contributed by atoms with van der Waals surface area (Å²) in [6.45, 7) is 2.53. The third kappa shape index (κ3) is 3.11. The highest BCUT2D eigenvalue weighted by Gasteiger charge is 2.04. The Morgan fingerprint density at radius 1 is 1.29 bits per heavy atom. The highest BCUT2D eigenvalue weighted by molar-refractivity contribution is 5.93. The molecule has 0 unspecified atom stereocenters. The van der Waals surface area contributed by atoms with E-state index in [1.165, 1.54) is 24.3 Å². The topological polar surface area (TPSA) is 54.9 Å². The predicted molar refractivity (Wildman–Crippen MR) is 64.4 cm³/mol. The van der Waals surface area contributed by atoms with Gasteiger partial charge in [0.15, 0.2) is 0 Å². The lowest BCUT2D eigenvalue weighted by atomic mass is 10.1. The summed E-state index contributed by atoms with van der Waals surface area (Å²) in [7, 11) is 0. The summed E-state index contributed by atoms with van der Waals surface area (Å²) in [5, 5.41) is 2.82. The van der Waals surface area contributed by atoms with Crippen LogP contribution in [0.5, 0.6) is 0 Å². The van der Waals surface area contributed by atoms with Gasteiger partial charge in [0.1, 0.15) is 6.33 Å². The monoisotopic (exact) mass is 227 g/mol. The molecule has 0 fully saturated rings. The Hall–Kier alpha value is -2.23. The molecule has 1 aromatic heterocycles. The Morgan fingerprint density at radius 3 is 2.76 bits per heavy atom. The minimum absolute atomic E-state index is 0.160. The Balaban J connectivity index is 1.97. The van der Waals surface area contributed by atoms with E-state index in [1.54, 1.807) is 0 Å². The maximum Gasteiger partial charge on any atom is 0.254 e. The van der Waals surface area contributed by atoms with Crippen LogP contribution < -0.4 is 5.32 Å². The normalized spacial score (nSPS) is 9.94. The summed E-state index contributed by atoms with van der Waals surface area (Å²) in [5.41, 5.74) is 2.73. The van der Waals surface area contributed by atoms with Gasteiger partial charge in [-0.15, -0.1) is 0 Å². The first-order valence-electron chi connectivity index (χ1n) is 5.34. The van der Waals surface area contributed by atoms with Crippen molar-refractivity contribution in [2.45, 2.75) is 13.5 Å². The van der Waals surface area contributed by atoms with E-state index in [1.807, 2.05) is 31.2 Å². The van der Waals surface area contributed by atoms with E-state index in [-0.39, 0.29) is 5.91 Å². The van der Waals surface area contributed by atoms with E-state index < -0.39 is 0 Å². The number of nitrogens with one attached hydrogen (secondary N) is 1. The third-order valence-electron chi connectivity index (χ3n) is 2.36. The molecular weight excluding hydrogens is 214 g/mol. The van der Waals surface area contributed by atoms with Gasteiger partial charge in [0.25, 0.3) is 5.91 Å². The lowest BCUT2D eigenvalue weighted by Gasteiger charge is -2.05. The van der Waals surface area contributed by atoms with Crippen molar-refractivity contribution in [2.75, 3.05) is 0 Å². The minimum atomic E-state index is -0.160. The smallest absolute Gasteiger partial charge is 0.254 e. The molecule has 0 spiro atoms. The fraction of sp³-hybridized carbons (Fsp3) is 0.154. The SMILES string of the molecule is Cc1cccc(CNC(=O)c2cncnc2)c1. The molecule has 0 radical (unpaired) electrons. The van der Waals surface area contributed by atoms with Crippen LogP contribution >= 0.6 is 0 Å². The Kier molecular flexibility index (Phi) is 3.45. The first-order valence-corrected chi connectivity index (χ1v) is 5.34. The second-order valence-corrected chi connectivity index (χ2v) is 3.80. The molecule has 1 N–H and O–H groups in total. The zero-order valence-electron chi connectivity index (χ0n) is 9.55. The third-order valence-corrected chi connectivity index (χ3v) is 2.36. The second kappa shape index (κ2) is 5.21. The molecule has 4 nitrogen and oxygen atoms in total. The molecule has 4 heteroatoms. The van der Waals surface area contributed by atoms with Gasteiger partial charge >= 0.3 is 0 Å². The van der Waals surface area contributed by atoms with Crippen LogP contribution in [0.15, 0.2) is 43.0 Å². The van der Waals surface area contributed by atoms with Crippen molar-refractivity contribution in [3.63, 3.8) is 0 Å². The summed E-state index contributed by atoms with van der Waals surface area (Å²) in [6.07, 6.45) is 4.40. The van der Waals surface area contributed by atoms with Crippen LogP contribution in [0.4, 0.5) is 0 Å². The maximum absolute atomic E-state index is 11.7. The van der Waals surface area contributed by atoms with Crippen LogP contribution in [-0.4, -0.2) is 15.9 Å². The molecule has 17 heavy (non-hydrogen) atoms. The first kappa shape index (κ1) is 11.3. The molecule has 0 atom stereocenters. The quantitative estimate of drug-likeness (QED) is 0.868. The molecule has 0 bridgehead atoms. The number of nitrogens with zero attached hydrogens (tertiary/aromatic N) is 2. The van der Waals surface area contributed by atoms with Crippen LogP contribution in [0.25, 0.3) is 0 Å². The number of hydrogen-bond donors (Lipinski definition) is 1. The van der Waals surface area contributed by atoms with Gasteiger partial charge in [0, 0.05) is 18.9 Å². The molecule has 1 aromatic carbocycles. The van der Waals surface area contributed by atoms with Crippen molar-refractivity contribution in [2.24, 2.45) is 0 Å². The molecule has 0 saturated heterocycles. The summed E-state index contributed by atoms with van der Waals surface area (Å²) in [4.78, 5) is 19.3. The second-order valence-electron chi connectivity index (χ2n) is 3.80. The largest absolute Gasteiger partial charge is 0.348 e. The van der Waals surface area contributed by atoms with Crippen LogP contribution in [0.3, 0.4) is 0 Å². The maximum atomic E-state index is 11.7. The van der Waals surface area contributed by atoms with Crippen molar-refractivity contribution < 1.29 is 4.79 Å². The van der Waals surface area contributed by atoms with E-state index in [0.717, 1.165) is 5.56 Å². The highest BCUT2D eigenvalue weighted by atomic mass is 16.1. The standard InChI is InChI=1S/C13H13N3O/c1-10-3-2-4-11(5-10)6-16-13(17)12-7-14-9-15-8-12/h2-5,7-9H,6H2,1H3,(H,16,17). The molecule has 0 aliphatic carbocycles.